The van der Waals surface area contributed by atoms with E-state index in [1.807, 2.05) is 11.3 Å². The molecular weight excluding hydrogens is 234 g/mol. The van der Waals surface area contributed by atoms with E-state index < -0.39 is 0 Å². The van der Waals surface area contributed by atoms with E-state index in [0.29, 0.717) is 0 Å². The maximum absolute atomic E-state index is 4.30. The molecule has 0 saturated heterocycles. The van der Waals surface area contributed by atoms with Gasteiger partial charge in [-0.1, -0.05) is 6.92 Å². The number of fused-ring (bicyclic) bond motifs is 1. The molecule has 1 aromatic heterocycles. The fourth-order valence-corrected chi connectivity index (χ4v) is 3.60. The molecule has 90 valence electrons. The Morgan fingerprint density at radius 3 is 3.19 bits per heavy atom. The highest BCUT2D eigenvalue weighted by Gasteiger charge is 2.17. The van der Waals surface area contributed by atoms with Crippen molar-refractivity contribution < 1.29 is 0 Å². The molecule has 1 aliphatic rings. The lowest BCUT2D eigenvalue weighted by Gasteiger charge is -2.27. The van der Waals surface area contributed by atoms with E-state index in [1.165, 1.54) is 38.9 Å². The Bertz CT molecular complexity index is 321. The van der Waals surface area contributed by atoms with E-state index in [9.17, 15) is 0 Å². The van der Waals surface area contributed by atoms with E-state index in [0.717, 1.165) is 11.7 Å². The van der Waals surface area contributed by atoms with Crippen molar-refractivity contribution in [1.82, 2.24) is 4.90 Å². The van der Waals surface area contributed by atoms with Crippen molar-refractivity contribution in [3.63, 3.8) is 0 Å². The van der Waals surface area contributed by atoms with Gasteiger partial charge in [0.25, 0.3) is 0 Å². The minimum Gasteiger partial charge on any atom is -0.299 e. The van der Waals surface area contributed by atoms with Crippen molar-refractivity contribution >= 4 is 24.0 Å². The van der Waals surface area contributed by atoms with E-state index in [1.54, 1.807) is 10.4 Å². The molecule has 1 atom stereocenters. The Kier molecular flexibility index (Phi) is 4.74. The third-order valence-corrected chi connectivity index (χ3v) is 4.73. The molecule has 0 saturated carbocycles. The van der Waals surface area contributed by atoms with Crippen molar-refractivity contribution in [2.45, 2.75) is 32.7 Å². The van der Waals surface area contributed by atoms with Crippen LogP contribution in [0.2, 0.25) is 0 Å². The molecule has 0 bridgehead atoms. The summed E-state index contributed by atoms with van der Waals surface area (Å²) in [5, 5.41) is 2.23. The van der Waals surface area contributed by atoms with E-state index >= 15 is 0 Å². The van der Waals surface area contributed by atoms with Gasteiger partial charge in [-0.2, -0.15) is 12.6 Å². The van der Waals surface area contributed by atoms with Crippen LogP contribution in [0.5, 0.6) is 0 Å². The summed E-state index contributed by atoms with van der Waals surface area (Å²) in [6.45, 7) is 6.02. The third-order valence-electron chi connectivity index (χ3n) is 3.45. The molecule has 2 rings (SSSR count). The summed E-state index contributed by atoms with van der Waals surface area (Å²) < 4.78 is 0. The summed E-state index contributed by atoms with van der Waals surface area (Å²) >= 11 is 6.22. The smallest absolute Gasteiger partial charge is 0.0244 e. The first-order chi connectivity index (χ1) is 7.79. The van der Waals surface area contributed by atoms with E-state index in [-0.39, 0.29) is 0 Å². The Morgan fingerprint density at radius 2 is 2.38 bits per heavy atom. The average molecular weight is 255 g/mol. The summed E-state index contributed by atoms with van der Waals surface area (Å²) in [7, 11) is 0. The van der Waals surface area contributed by atoms with Gasteiger partial charge in [0.05, 0.1) is 0 Å². The van der Waals surface area contributed by atoms with Crippen molar-refractivity contribution in [1.29, 1.82) is 0 Å². The summed E-state index contributed by atoms with van der Waals surface area (Å²) in [5.41, 5.74) is 1.57. The normalized spacial score (nSPS) is 18.4. The van der Waals surface area contributed by atoms with Crippen molar-refractivity contribution in [2.75, 3.05) is 18.8 Å². The Balaban J connectivity index is 1.77. The van der Waals surface area contributed by atoms with Crippen LogP contribution in [-0.2, 0) is 13.0 Å². The first-order valence-corrected chi connectivity index (χ1v) is 7.69. The number of thiophene rings is 1. The molecule has 0 N–H and O–H groups in total. The molecule has 1 aromatic rings. The van der Waals surface area contributed by atoms with Crippen LogP contribution in [0.25, 0.3) is 0 Å². The second kappa shape index (κ2) is 6.08. The van der Waals surface area contributed by atoms with Crippen LogP contribution in [0.15, 0.2) is 11.4 Å². The maximum Gasteiger partial charge on any atom is 0.0244 e. The zero-order chi connectivity index (χ0) is 11.4. The van der Waals surface area contributed by atoms with Gasteiger partial charge in [0, 0.05) is 18.0 Å². The standard InChI is InChI=1S/C13H21NS2/c1-11(4-8-15)2-6-14-7-3-13-12(10-14)5-9-16-13/h5,9,11,15H,2-4,6-8,10H2,1H3. The van der Waals surface area contributed by atoms with Gasteiger partial charge in [-0.15, -0.1) is 11.3 Å². The molecular formula is C13H21NS2. The van der Waals surface area contributed by atoms with Gasteiger partial charge in [0.15, 0.2) is 0 Å². The second-order valence-corrected chi connectivity index (χ2v) is 6.25. The number of hydrogen-bond donors (Lipinski definition) is 1. The SMILES string of the molecule is CC(CCS)CCN1CCc2sccc2C1. The van der Waals surface area contributed by atoms with Crippen molar-refractivity contribution in [2.24, 2.45) is 5.92 Å². The van der Waals surface area contributed by atoms with Gasteiger partial charge in [0.2, 0.25) is 0 Å². The largest absolute Gasteiger partial charge is 0.299 e. The highest BCUT2D eigenvalue weighted by Crippen LogP contribution is 2.24. The quantitative estimate of drug-likeness (QED) is 0.789. The Labute approximate surface area is 108 Å². The zero-order valence-corrected chi connectivity index (χ0v) is 11.7. The zero-order valence-electron chi connectivity index (χ0n) is 9.98. The lowest BCUT2D eigenvalue weighted by atomic mass is 10.0. The topological polar surface area (TPSA) is 3.24 Å². The summed E-state index contributed by atoms with van der Waals surface area (Å²) in [6, 6.07) is 2.29. The predicted molar refractivity (Wildman–Crippen MR) is 75.6 cm³/mol. The number of rotatable bonds is 5. The highest BCUT2D eigenvalue weighted by atomic mass is 32.1. The highest BCUT2D eigenvalue weighted by molar-refractivity contribution is 7.80. The monoisotopic (exact) mass is 255 g/mol. The van der Waals surface area contributed by atoms with Crippen LogP contribution in [0.4, 0.5) is 0 Å². The van der Waals surface area contributed by atoms with E-state index in [2.05, 4.69) is 35.9 Å². The van der Waals surface area contributed by atoms with Gasteiger partial charge in [-0.05, 0) is 54.5 Å². The lowest BCUT2D eigenvalue weighted by Crippen LogP contribution is -2.31. The average Bonchev–Trinajstić information content (AvgIpc) is 2.74. The first-order valence-electron chi connectivity index (χ1n) is 6.18. The molecule has 0 amide bonds. The fraction of sp³-hybridized carbons (Fsp3) is 0.692. The van der Waals surface area contributed by atoms with Gasteiger partial charge in [0.1, 0.15) is 0 Å². The molecule has 1 unspecified atom stereocenters. The predicted octanol–water partition coefficient (Wildman–Crippen LogP) is 3.45. The minimum atomic E-state index is 0.821. The molecule has 0 aliphatic carbocycles. The third kappa shape index (κ3) is 3.25. The molecule has 1 aliphatic heterocycles. The molecule has 0 radical (unpaired) electrons. The lowest BCUT2D eigenvalue weighted by molar-refractivity contribution is 0.237. The van der Waals surface area contributed by atoms with Crippen LogP contribution in [-0.4, -0.2) is 23.7 Å². The molecule has 1 nitrogen and oxygen atoms in total. The molecule has 0 aromatic carbocycles. The minimum absolute atomic E-state index is 0.821. The molecule has 16 heavy (non-hydrogen) atoms. The van der Waals surface area contributed by atoms with Crippen LogP contribution < -0.4 is 0 Å². The van der Waals surface area contributed by atoms with Gasteiger partial charge in [-0.25, -0.2) is 0 Å². The van der Waals surface area contributed by atoms with Gasteiger partial charge < -0.3 is 0 Å². The number of hydrogen-bond acceptors (Lipinski definition) is 3. The van der Waals surface area contributed by atoms with Crippen LogP contribution in [0.3, 0.4) is 0 Å². The second-order valence-electron chi connectivity index (χ2n) is 4.80. The van der Waals surface area contributed by atoms with Gasteiger partial charge >= 0.3 is 0 Å². The van der Waals surface area contributed by atoms with Gasteiger partial charge in [-0.3, -0.25) is 4.90 Å². The van der Waals surface area contributed by atoms with Crippen LogP contribution >= 0.6 is 24.0 Å². The van der Waals surface area contributed by atoms with Crippen LogP contribution in [0, 0.1) is 5.92 Å². The van der Waals surface area contributed by atoms with Crippen LogP contribution in [0.1, 0.15) is 30.2 Å². The summed E-state index contributed by atoms with van der Waals surface area (Å²) in [4.78, 5) is 4.21. The summed E-state index contributed by atoms with van der Waals surface area (Å²) in [5.74, 6) is 1.84. The molecule has 2 heterocycles. The maximum atomic E-state index is 4.30. The fourth-order valence-electron chi connectivity index (χ4n) is 2.27. The van der Waals surface area contributed by atoms with Crippen molar-refractivity contribution in [3.8, 4) is 0 Å². The number of nitrogens with zero attached hydrogens (tertiary/aromatic N) is 1. The van der Waals surface area contributed by atoms with E-state index in [4.69, 9.17) is 0 Å². The Hall–Kier alpha value is 0.0100. The first kappa shape index (κ1) is 12.5. The number of thiol groups is 1. The van der Waals surface area contributed by atoms with Crippen molar-refractivity contribution in [3.05, 3.63) is 21.9 Å². The summed E-state index contributed by atoms with van der Waals surface area (Å²) in [6.07, 6.45) is 3.83. The molecule has 0 fully saturated rings. The molecule has 0 spiro atoms. The Morgan fingerprint density at radius 1 is 1.50 bits per heavy atom. The molecule has 3 heteroatoms.